The van der Waals surface area contributed by atoms with E-state index in [1.807, 2.05) is 0 Å². The zero-order valence-electron chi connectivity index (χ0n) is 13.6. The van der Waals surface area contributed by atoms with Gasteiger partial charge in [-0.05, 0) is 39.5 Å². The van der Waals surface area contributed by atoms with E-state index in [9.17, 15) is 8.42 Å². The Hall–Kier alpha value is -0.920. The fraction of sp³-hybridized carbons (Fsp3) is 0.800. The number of sulfonamides is 1. The minimum absolute atomic E-state index is 0.00426. The van der Waals surface area contributed by atoms with Crippen molar-refractivity contribution in [1.82, 2.24) is 19.8 Å². The lowest BCUT2D eigenvalue weighted by Gasteiger charge is -2.39. The molecule has 0 amide bonds. The summed E-state index contributed by atoms with van der Waals surface area (Å²) in [5.41, 5.74) is 1.25. The second-order valence-corrected chi connectivity index (χ2v) is 8.33. The van der Waals surface area contributed by atoms with Crippen molar-refractivity contribution in [1.29, 1.82) is 0 Å². The molecule has 6 nitrogen and oxygen atoms in total. The van der Waals surface area contributed by atoms with Crippen LogP contribution in [0.3, 0.4) is 0 Å². The van der Waals surface area contributed by atoms with E-state index in [0.717, 1.165) is 12.8 Å². The number of nitrogens with zero attached hydrogens (tertiary/aromatic N) is 2. The Labute approximate surface area is 132 Å². The number of aromatic nitrogens is 2. The summed E-state index contributed by atoms with van der Waals surface area (Å²) < 4.78 is 29.9. The lowest BCUT2D eigenvalue weighted by atomic mass is 9.86. The number of aryl methyl sites for hydroxylation is 2. The van der Waals surface area contributed by atoms with Crippen LogP contribution in [0.15, 0.2) is 4.90 Å². The maximum atomic E-state index is 12.7. The van der Waals surface area contributed by atoms with E-state index < -0.39 is 10.0 Å². The molecule has 3 rings (SSSR count). The van der Waals surface area contributed by atoms with E-state index in [-0.39, 0.29) is 12.1 Å². The van der Waals surface area contributed by atoms with Crippen molar-refractivity contribution >= 4 is 10.0 Å². The summed E-state index contributed by atoms with van der Waals surface area (Å²) in [7, 11) is -1.73. The predicted octanol–water partition coefficient (Wildman–Crippen LogP) is 1.38. The Morgan fingerprint density at radius 1 is 1.09 bits per heavy atom. The molecule has 0 spiro atoms. The van der Waals surface area contributed by atoms with E-state index in [4.69, 9.17) is 0 Å². The van der Waals surface area contributed by atoms with E-state index in [1.165, 1.54) is 25.7 Å². The molecule has 2 aliphatic carbocycles. The standard InChI is InChI=1S/C15H26N4O2S/c1-10-15(11(2)19(3)17-10)22(20,21)18-14-9-8-13(14)16-12-6-4-5-7-12/h12-14,16,18H,4-9H2,1-3H3/t13-,14+/m0/s1. The van der Waals surface area contributed by atoms with Gasteiger partial charge in [0.2, 0.25) is 10.0 Å². The Balaban J connectivity index is 1.69. The molecule has 0 saturated heterocycles. The highest BCUT2D eigenvalue weighted by Gasteiger charge is 2.37. The SMILES string of the molecule is Cc1nn(C)c(C)c1S(=O)(=O)N[C@@H]1CC[C@@H]1NC1CCCC1. The first kappa shape index (κ1) is 16.0. The zero-order valence-corrected chi connectivity index (χ0v) is 14.4. The van der Waals surface area contributed by atoms with Crippen molar-refractivity contribution in [3.8, 4) is 0 Å². The molecule has 1 heterocycles. The molecule has 0 aliphatic heterocycles. The maximum Gasteiger partial charge on any atom is 0.244 e. The van der Waals surface area contributed by atoms with E-state index in [1.54, 1.807) is 25.6 Å². The first-order valence-corrected chi connectivity index (χ1v) is 9.65. The summed E-state index contributed by atoms with van der Waals surface area (Å²) in [5.74, 6) is 0. The molecule has 0 radical (unpaired) electrons. The highest BCUT2D eigenvalue weighted by Crippen LogP contribution is 2.27. The molecule has 7 heteroatoms. The van der Waals surface area contributed by atoms with Crippen LogP contribution >= 0.6 is 0 Å². The number of hydrogen-bond donors (Lipinski definition) is 2. The summed E-state index contributed by atoms with van der Waals surface area (Å²) in [6.07, 6.45) is 6.97. The first-order valence-electron chi connectivity index (χ1n) is 8.17. The van der Waals surface area contributed by atoms with Gasteiger partial charge in [0, 0.05) is 25.2 Å². The Bertz CT molecular complexity index is 647. The zero-order chi connectivity index (χ0) is 15.9. The molecule has 0 unspecified atom stereocenters. The van der Waals surface area contributed by atoms with Crippen LogP contribution in [-0.2, 0) is 17.1 Å². The van der Waals surface area contributed by atoms with Gasteiger partial charge < -0.3 is 5.32 Å². The normalized spacial score (nSPS) is 26.3. The molecule has 2 aliphatic rings. The van der Waals surface area contributed by atoms with E-state index in [0.29, 0.717) is 22.3 Å². The molecule has 22 heavy (non-hydrogen) atoms. The molecule has 2 atom stereocenters. The second-order valence-electron chi connectivity index (χ2n) is 6.68. The Kier molecular flexibility index (Phi) is 4.31. The summed E-state index contributed by atoms with van der Waals surface area (Å²) in [5, 5.41) is 7.84. The molecular formula is C15H26N4O2S. The maximum absolute atomic E-state index is 12.7. The lowest BCUT2D eigenvalue weighted by Crippen LogP contribution is -2.58. The van der Waals surface area contributed by atoms with Gasteiger partial charge in [0.1, 0.15) is 4.90 Å². The fourth-order valence-electron chi connectivity index (χ4n) is 3.64. The quantitative estimate of drug-likeness (QED) is 0.857. The van der Waals surface area contributed by atoms with Gasteiger partial charge in [-0.15, -0.1) is 0 Å². The molecule has 1 aromatic rings. The van der Waals surface area contributed by atoms with Crippen LogP contribution in [0.1, 0.15) is 49.9 Å². The van der Waals surface area contributed by atoms with Crippen LogP contribution in [0.25, 0.3) is 0 Å². The van der Waals surface area contributed by atoms with Crippen LogP contribution in [0, 0.1) is 13.8 Å². The molecule has 0 aromatic carbocycles. The third-order valence-corrected chi connectivity index (χ3v) is 6.84. The van der Waals surface area contributed by atoms with Crippen molar-refractivity contribution in [2.75, 3.05) is 0 Å². The smallest absolute Gasteiger partial charge is 0.244 e. The van der Waals surface area contributed by atoms with Crippen LogP contribution < -0.4 is 10.0 Å². The minimum Gasteiger partial charge on any atom is -0.310 e. The van der Waals surface area contributed by atoms with Gasteiger partial charge in [-0.3, -0.25) is 4.68 Å². The van der Waals surface area contributed by atoms with Crippen molar-refractivity contribution in [3.63, 3.8) is 0 Å². The largest absolute Gasteiger partial charge is 0.310 e. The van der Waals surface area contributed by atoms with Gasteiger partial charge in [0.15, 0.2) is 0 Å². The van der Waals surface area contributed by atoms with Gasteiger partial charge in [-0.25, -0.2) is 13.1 Å². The lowest BCUT2D eigenvalue weighted by molar-refractivity contribution is 0.243. The molecule has 124 valence electrons. The van der Waals surface area contributed by atoms with Crippen LogP contribution in [-0.4, -0.2) is 36.3 Å². The fourth-order valence-corrected chi connectivity index (χ4v) is 5.39. The summed E-state index contributed by atoms with van der Waals surface area (Å²) in [4.78, 5) is 0.335. The van der Waals surface area contributed by atoms with E-state index >= 15 is 0 Å². The van der Waals surface area contributed by atoms with Gasteiger partial charge in [-0.1, -0.05) is 12.8 Å². The number of nitrogens with one attached hydrogen (secondary N) is 2. The van der Waals surface area contributed by atoms with E-state index in [2.05, 4.69) is 15.1 Å². The van der Waals surface area contributed by atoms with Gasteiger partial charge in [-0.2, -0.15) is 5.10 Å². The Morgan fingerprint density at radius 2 is 1.73 bits per heavy atom. The highest BCUT2D eigenvalue weighted by atomic mass is 32.2. The number of rotatable bonds is 5. The molecule has 2 N–H and O–H groups in total. The average Bonchev–Trinajstić information content (AvgIpc) is 3.02. The van der Waals surface area contributed by atoms with Crippen molar-refractivity contribution < 1.29 is 8.42 Å². The van der Waals surface area contributed by atoms with Crippen LogP contribution in [0.4, 0.5) is 0 Å². The third-order valence-electron chi connectivity index (χ3n) is 5.10. The summed E-state index contributed by atoms with van der Waals surface area (Å²) >= 11 is 0. The van der Waals surface area contributed by atoms with Gasteiger partial charge >= 0.3 is 0 Å². The second kappa shape index (κ2) is 5.94. The molecule has 1 aromatic heterocycles. The first-order chi connectivity index (χ1) is 10.4. The average molecular weight is 326 g/mol. The Morgan fingerprint density at radius 3 is 2.23 bits per heavy atom. The summed E-state index contributed by atoms with van der Waals surface area (Å²) in [6.45, 7) is 3.54. The van der Waals surface area contributed by atoms with Crippen LogP contribution in [0.5, 0.6) is 0 Å². The van der Waals surface area contributed by atoms with Crippen molar-refractivity contribution in [2.45, 2.75) is 75.4 Å². The molecule has 2 saturated carbocycles. The van der Waals surface area contributed by atoms with Gasteiger partial charge in [0.05, 0.1) is 11.4 Å². The van der Waals surface area contributed by atoms with Crippen molar-refractivity contribution in [3.05, 3.63) is 11.4 Å². The molecular weight excluding hydrogens is 300 g/mol. The predicted molar refractivity (Wildman–Crippen MR) is 85.2 cm³/mol. The third kappa shape index (κ3) is 2.94. The summed E-state index contributed by atoms with van der Waals surface area (Å²) in [6, 6.07) is 0.846. The number of hydrogen-bond acceptors (Lipinski definition) is 4. The minimum atomic E-state index is -3.50. The molecule has 2 fully saturated rings. The van der Waals surface area contributed by atoms with Gasteiger partial charge in [0.25, 0.3) is 0 Å². The molecule has 0 bridgehead atoms. The highest BCUT2D eigenvalue weighted by molar-refractivity contribution is 7.89. The monoisotopic (exact) mass is 326 g/mol. The van der Waals surface area contributed by atoms with Crippen molar-refractivity contribution in [2.24, 2.45) is 7.05 Å². The van der Waals surface area contributed by atoms with Crippen LogP contribution in [0.2, 0.25) is 0 Å². The topological polar surface area (TPSA) is 76.0 Å².